The summed E-state index contributed by atoms with van der Waals surface area (Å²) < 4.78 is 1.36. The number of rotatable bonds is 4. The van der Waals surface area contributed by atoms with Crippen molar-refractivity contribution in [1.82, 2.24) is 14.6 Å². The minimum absolute atomic E-state index is 0.109. The Labute approximate surface area is 105 Å². The van der Waals surface area contributed by atoms with Crippen molar-refractivity contribution in [3.05, 3.63) is 23.5 Å². The van der Waals surface area contributed by atoms with Gasteiger partial charge in [-0.15, -0.1) is 5.10 Å². The van der Waals surface area contributed by atoms with Gasteiger partial charge in [-0.05, 0) is 25.0 Å². The van der Waals surface area contributed by atoms with Crippen LogP contribution in [-0.2, 0) is 0 Å². The number of nitrogens with one attached hydrogen (secondary N) is 1. The van der Waals surface area contributed by atoms with E-state index < -0.39 is 5.97 Å². The van der Waals surface area contributed by atoms with Crippen LogP contribution in [0.25, 0.3) is 5.65 Å². The van der Waals surface area contributed by atoms with Crippen molar-refractivity contribution in [2.45, 2.75) is 20.8 Å². The minimum atomic E-state index is -1.02. The number of carboxylic acids is 1. The first-order valence-corrected chi connectivity index (χ1v) is 5.82. The predicted octanol–water partition coefficient (Wildman–Crippen LogP) is 1.80. The van der Waals surface area contributed by atoms with Crippen molar-refractivity contribution >= 4 is 17.4 Å². The monoisotopic (exact) mass is 248 g/mol. The van der Waals surface area contributed by atoms with Crippen LogP contribution in [0.5, 0.6) is 0 Å². The average molecular weight is 248 g/mol. The smallest absolute Gasteiger partial charge is 0.356 e. The van der Waals surface area contributed by atoms with E-state index in [0.717, 1.165) is 6.54 Å². The zero-order chi connectivity index (χ0) is 13.3. The van der Waals surface area contributed by atoms with Gasteiger partial charge in [-0.3, -0.25) is 0 Å². The number of nitrogens with zero attached hydrogens (tertiary/aromatic N) is 3. The van der Waals surface area contributed by atoms with Gasteiger partial charge in [0.1, 0.15) is 5.82 Å². The Balaban J connectivity index is 2.42. The summed E-state index contributed by atoms with van der Waals surface area (Å²) in [6.07, 6.45) is 0. The van der Waals surface area contributed by atoms with Crippen LogP contribution in [0.1, 0.15) is 30.0 Å². The first-order chi connectivity index (χ1) is 8.49. The molecule has 0 aliphatic carbocycles. The highest BCUT2D eigenvalue weighted by Crippen LogP contribution is 2.13. The number of carbonyl (C=O) groups is 1. The first kappa shape index (κ1) is 12.3. The molecular weight excluding hydrogens is 232 g/mol. The summed E-state index contributed by atoms with van der Waals surface area (Å²) in [6.45, 7) is 6.64. The molecule has 6 heteroatoms. The number of hydrogen-bond donors (Lipinski definition) is 2. The SMILES string of the molecule is Cc1nc2ccc(NCC(C)C)nn2c1C(=O)O. The van der Waals surface area contributed by atoms with Crippen molar-refractivity contribution in [2.75, 3.05) is 11.9 Å². The lowest BCUT2D eigenvalue weighted by molar-refractivity contribution is 0.0687. The number of carboxylic acid groups (broad SMARTS) is 1. The molecule has 0 spiro atoms. The highest BCUT2D eigenvalue weighted by Gasteiger charge is 2.16. The highest BCUT2D eigenvalue weighted by atomic mass is 16.4. The lowest BCUT2D eigenvalue weighted by Crippen LogP contribution is -2.12. The summed E-state index contributed by atoms with van der Waals surface area (Å²) in [5.74, 6) is 0.121. The molecule has 0 aromatic carbocycles. The van der Waals surface area contributed by atoms with Crippen LogP contribution in [0.4, 0.5) is 5.82 Å². The standard InChI is InChI=1S/C12H16N4O2/c1-7(2)6-13-9-4-5-10-14-8(3)11(12(17)18)16(10)15-9/h4-5,7H,6H2,1-3H3,(H,13,15)(H,17,18). The maximum atomic E-state index is 11.2. The molecule has 2 rings (SSSR count). The average Bonchev–Trinajstić information content (AvgIpc) is 2.61. The zero-order valence-corrected chi connectivity index (χ0v) is 10.6. The largest absolute Gasteiger partial charge is 0.476 e. The van der Waals surface area contributed by atoms with E-state index >= 15 is 0 Å². The predicted molar refractivity (Wildman–Crippen MR) is 68.0 cm³/mol. The Bertz CT molecular complexity index is 589. The summed E-state index contributed by atoms with van der Waals surface area (Å²) in [5, 5.41) is 16.6. The third kappa shape index (κ3) is 2.27. The first-order valence-electron chi connectivity index (χ1n) is 5.82. The molecule has 2 aromatic heterocycles. The van der Waals surface area contributed by atoms with E-state index in [0.29, 0.717) is 23.1 Å². The Morgan fingerprint density at radius 1 is 1.50 bits per heavy atom. The molecule has 0 amide bonds. The molecule has 0 aliphatic heterocycles. The number of hydrogen-bond acceptors (Lipinski definition) is 4. The molecule has 18 heavy (non-hydrogen) atoms. The van der Waals surface area contributed by atoms with E-state index in [4.69, 9.17) is 5.11 Å². The van der Waals surface area contributed by atoms with Gasteiger partial charge in [0, 0.05) is 6.54 Å². The van der Waals surface area contributed by atoms with Crippen molar-refractivity contribution in [3.63, 3.8) is 0 Å². The van der Waals surface area contributed by atoms with Gasteiger partial charge in [0.15, 0.2) is 11.3 Å². The van der Waals surface area contributed by atoms with E-state index in [1.807, 2.05) is 0 Å². The Hall–Kier alpha value is -2.11. The van der Waals surface area contributed by atoms with Gasteiger partial charge in [-0.2, -0.15) is 0 Å². The number of aromatic carboxylic acids is 1. The molecule has 0 saturated heterocycles. The summed E-state index contributed by atoms with van der Waals surface area (Å²) in [7, 11) is 0. The quantitative estimate of drug-likeness (QED) is 0.862. The van der Waals surface area contributed by atoms with Gasteiger partial charge in [0.2, 0.25) is 0 Å². The maximum absolute atomic E-state index is 11.2. The fourth-order valence-corrected chi connectivity index (χ4v) is 1.69. The number of fused-ring (bicyclic) bond motifs is 1. The zero-order valence-electron chi connectivity index (χ0n) is 10.6. The van der Waals surface area contributed by atoms with Crippen LogP contribution >= 0.6 is 0 Å². The highest BCUT2D eigenvalue weighted by molar-refractivity contribution is 5.88. The third-order valence-corrected chi connectivity index (χ3v) is 2.55. The normalized spacial score (nSPS) is 11.1. The topological polar surface area (TPSA) is 79.5 Å². The van der Waals surface area contributed by atoms with E-state index in [1.54, 1.807) is 19.1 Å². The van der Waals surface area contributed by atoms with E-state index in [9.17, 15) is 4.79 Å². The van der Waals surface area contributed by atoms with Crippen molar-refractivity contribution in [2.24, 2.45) is 5.92 Å². The molecular formula is C12H16N4O2. The van der Waals surface area contributed by atoms with Gasteiger partial charge in [0.05, 0.1) is 5.69 Å². The Morgan fingerprint density at radius 3 is 2.83 bits per heavy atom. The van der Waals surface area contributed by atoms with Gasteiger partial charge < -0.3 is 10.4 Å². The molecule has 6 nitrogen and oxygen atoms in total. The Kier molecular flexibility index (Phi) is 3.18. The molecule has 2 aromatic rings. The molecule has 0 unspecified atom stereocenters. The summed E-state index contributed by atoms with van der Waals surface area (Å²) in [5.41, 5.74) is 1.12. The van der Waals surface area contributed by atoms with Gasteiger partial charge >= 0.3 is 5.97 Å². The Morgan fingerprint density at radius 2 is 2.22 bits per heavy atom. The second kappa shape index (κ2) is 4.64. The molecule has 2 N–H and O–H groups in total. The van der Waals surface area contributed by atoms with E-state index in [1.165, 1.54) is 4.52 Å². The lowest BCUT2D eigenvalue weighted by Gasteiger charge is -2.08. The van der Waals surface area contributed by atoms with Gasteiger partial charge in [0.25, 0.3) is 0 Å². The molecule has 96 valence electrons. The van der Waals surface area contributed by atoms with Crippen LogP contribution in [-0.4, -0.2) is 32.2 Å². The molecule has 0 atom stereocenters. The van der Waals surface area contributed by atoms with E-state index in [2.05, 4.69) is 29.2 Å². The van der Waals surface area contributed by atoms with Crippen LogP contribution in [0, 0.1) is 12.8 Å². The van der Waals surface area contributed by atoms with Crippen molar-refractivity contribution in [3.8, 4) is 0 Å². The minimum Gasteiger partial charge on any atom is -0.476 e. The van der Waals surface area contributed by atoms with Crippen molar-refractivity contribution in [1.29, 1.82) is 0 Å². The third-order valence-electron chi connectivity index (χ3n) is 2.55. The van der Waals surface area contributed by atoms with Gasteiger partial charge in [-0.1, -0.05) is 13.8 Å². The summed E-state index contributed by atoms with van der Waals surface area (Å²) >= 11 is 0. The number of aryl methyl sites for hydroxylation is 1. The molecule has 0 fully saturated rings. The molecule has 0 bridgehead atoms. The van der Waals surface area contributed by atoms with Crippen LogP contribution in [0.2, 0.25) is 0 Å². The van der Waals surface area contributed by atoms with Crippen molar-refractivity contribution < 1.29 is 9.90 Å². The fourth-order valence-electron chi connectivity index (χ4n) is 1.69. The second-order valence-electron chi connectivity index (χ2n) is 4.61. The molecule has 0 aliphatic rings. The van der Waals surface area contributed by atoms with Crippen LogP contribution in [0.15, 0.2) is 12.1 Å². The lowest BCUT2D eigenvalue weighted by atomic mass is 10.2. The van der Waals surface area contributed by atoms with Crippen LogP contribution in [0.3, 0.4) is 0 Å². The van der Waals surface area contributed by atoms with Gasteiger partial charge in [-0.25, -0.2) is 14.3 Å². The second-order valence-corrected chi connectivity index (χ2v) is 4.61. The molecule has 2 heterocycles. The fraction of sp³-hybridized carbons (Fsp3) is 0.417. The van der Waals surface area contributed by atoms with Crippen LogP contribution < -0.4 is 5.32 Å². The number of aromatic nitrogens is 3. The molecule has 0 saturated carbocycles. The maximum Gasteiger partial charge on any atom is 0.356 e. The summed E-state index contributed by atoms with van der Waals surface area (Å²) in [4.78, 5) is 15.3. The van der Waals surface area contributed by atoms with E-state index in [-0.39, 0.29) is 5.69 Å². The summed E-state index contributed by atoms with van der Waals surface area (Å²) in [6, 6.07) is 3.56. The number of imidazole rings is 1. The number of anilines is 1. The molecule has 0 radical (unpaired) electrons.